The van der Waals surface area contributed by atoms with Crippen molar-refractivity contribution in [2.24, 2.45) is 0 Å². The van der Waals surface area contributed by atoms with E-state index in [4.69, 9.17) is 9.31 Å². The molecule has 0 atom stereocenters. The molecule has 1 aliphatic heterocycles. The van der Waals surface area contributed by atoms with Crippen molar-refractivity contribution in [2.75, 3.05) is 6.54 Å². The number of carbonyl (C=O) groups is 1. The summed E-state index contributed by atoms with van der Waals surface area (Å²) in [6.07, 6.45) is 1.59. The summed E-state index contributed by atoms with van der Waals surface area (Å²) in [5, 5.41) is 22.7. The van der Waals surface area contributed by atoms with E-state index in [-0.39, 0.29) is 29.5 Å². The molecule has 24 heavy (non-hydrogen) atoms. The molecule has 130 valence electrons. The van der Waals surface area contributed by atoms with Crippen molar-refractivity contribution in [1.29, 1.82) is 0 Å². The first-order valence-corrected chi connectivity index (χ1v) is 7.85. The van der Waals surface area contributed by atoms with Crippen LogP contribution in [-0.2, 0) is 14.1 Å². The van der Waals surface area contributed by atoms with E-state index in [1.54, 1.807) is 12.1 Å². The molecule has 1 saturated heterocycles. The fraction of sp³-hybridized carbons (Fsp3) is 0.471. The topological polar surface area (TPSA) is 88.0 Å². The summed E-state index contributed by atoms with van der Waals surface area (Å²) in [7, 11) is -0.694. The van der Waals surface area contributed by atoms with Gasteiger partial charge in [0, 0.05) is 13.5 Å². The lowest BCUT2D eigenvalue weighted by Gasteiger charge is -2.32. The van der Waals surface area contributed by atoms with E-state index < -0.39 is 18.3 Å². The first-order valence-electron chi connectivity index (χ1n) is 7.85. The quantitative estimate of drug-likeness (QED) is 0.736. The number of benzene rings is 1. The Hall–Kier alpha value is -1.99. The van der Waals surface area contributed by atoms with Crippen molar-refractivity contribution in [1.82, 2.24) is 5.32 Å². The minimum Gasteiger partial charge on any atom is -0.507 e. The highest BCUT2D eigenvalue weighted by atomic mass is 16.7. The number of amides is 1. The summed E-state index contributed by atoms with van der Waals surface area (Å²) in [5.74, 6) is -0.322. The molecule has 0 aliphatic carbocycles. The van der Waals surface area contributed by atoms with E-state index in [2.05, 4.69) is 5.32 Å². The number of phenolic OH excluding ortho intramolecular Hbond substituents is 2. The van der Waals surface area contributed by atoms with Gasteiger partial charge in [0.2, 0.25) is 5.91 Å². The molecular weight excluding hydrogens is 309 g/mol. The van der Waals surface area contributed by atoms with Crippen LogP contribution in [0.25, 0.3) is 6.08 Å². The summed E-state index contributed by atoms with van der Waals surface area (Å²) < 4.78 is 12.0. The van der Waals surface area contributed by atoms with Crippen LogP contribution in [0, 0.1) is 0 Å². The largest absolute Gasteiger partial charge is 0.507 e. The van der Waals surface area contributed by atoms with Gasteiger partial charge >= 0.3 is 7.12 Å². The molecule has 7 heteroatoms. The van der Waals surface area contributed by atoms with Gasteiger partial charge in [-0.25, -0.2) is 0 Å². The maximum atomic E-state index is 11.3. The van der Waals surface area contributed by atoms with Crippen molar-refractivity contribution < 1.29 is 24.3 Å². The Labute approximate surface area is 142 Å². The first-order chi connectivity index (χ1) is 11.0. The number of nitrogens with one attached hydrogen (secondary N) is 1. The minimum absolute atomic E-state index is 0.0631. The molecule has 2 rings (SSSR count). The van der Waals surface area contributed by atoms with Gasteiger partial charge in [0.1, 0.15) is 11.5 Å². The molecule has 1 fully saturated rings. The van der Waals surface area contributed by atoms with Crippen LogP contribution in [-0.4, -0.2) is 41.0 Å². The predicted octanol–water partition coefficient (Wildman–Crippen LogP) is 2.25. The lowest BCUT2D eigenvalue weighted by atomic mass is 9.76. The van der Waals surface area contributed by atoms with Gasteiger partial charge in [0.05, 0.1) is 16.8 Å². The van der Waals surface area contributed by atoms with Crippen molar-refractivity contribution >= 4 is 19.1 Å². The molecule has 6 nitrogen and oxygen atoms in total. The van der Waals surface area contributed by atoms with Crippen LogP contribution in [0.5, 0.6) is 11.5 Å². The maximum Gasteiger partial charge on any atom is 0.492 e. The summed E-state index contributed by atoms with van der Waals surface area (Å²) in [6.45, 7) is 9.32. The Morgan fingerprint density at radius 3 is 2.12 bits per heavy atom. The second kappa shape index (κ2) is 6.49. The Morgan fingerprint density at radius 1 is 1.17 bits per heavy atom. The van der Waals surface area contributed by atoms with E-state index in [1.165, 1.54) is 19.1 Å². The van der Waals surface area contributed by atoms with Crippen LogP contribution >= 0.6 is 0 Å². The van der Waals surface area contributed by atoms with E-state index in [0.717, 1.165) is 0 Å². The summed E-state index contributed by atoms with van der Waals surface area (Å²) in [6, 6.07) is 4.50. The standard InChI is InChI=1S/C17H24BNO5/c1-11(20)19-10-12(9-13-14(21)7-6-8-15(13)22)18-23-16(2,3)17(4,5)24-18/h6-9,21-22H,10H2,1-5H3,(H,19,20). The number of carbonyl (C=O) groups excluding carboxylic acids is 1. The van der Waals surface area contributed by atoms with Crippen molar-refractivity contribution in [3.05, 3.63) is 29.2 Å². The first kappa shape index (κ1) is 18.4. The lowest BCUT2D eigenvalue weighted by molar-refractivity contribution is -0.118. The number of phenols is 2. The third-order valence-corrected chi connectivity index (χ3v) is 4.49. The normalized spacial score (nSPS) is 19.4. The Bertz CT molecular complexity index is 633. The molecule has 0 saturated carbocycles. The molecule has 0 aromatic heterocycles. The number of hydrogen-bond acceptors (Lipinski definition) is 5. The van der Waals surface area contributed by atoms with Gasteiger partial charge in [0.15, 0.2) is 0 Å². The zero-order chi connectivity index (χ0) is 18.1. The van der Waals surface area contributed by atoms with E-state index in [0.29, 0.717) is 5.47 Å². The monoisotopic (exact) mass is 333 g/mol. The zero-order valence-electron chi connectivity index (χ0n) is 14.7. The molecular formula is C17H24BNO5. The van der Waals surface area contributed by atoms with E-state index in [1.807, 2.05) is 27.7 Å². The van der Waals surface area contributed by atoms with E-state index in [9.17, 15) is 15.0 Å². The van der Waals surface area contributed by atoms with Gasteiger partial charge in [-0.3, -0.25) is 4.79 Å². The van der Waals surface area contributed by atoms with Gasteiger partial charge in [-0.05, 0) is 51.4 Å². The summed E-state index contributed by atoms with van der Waals surface area (Å²) in [4.78, 5) is 11.3. The maximum absolute atomic E-state index is 11.3. The number of aromatic hydroxyl groups is 2. The smallest absolute Gasteiger partial charge is 0.492 e. The average Bonchev–Trinajstić information content (AvgIpc) is 2.65. The number of rotatable bonds is 4. The van der Waals surface area contributed by atoms with E-state index >= 15 is 0 Å². The molecule has 3 N–H and O–H groups in total. The van der Waals surface area contributed by atoms with Crippen molar-refractivity contribution in [3.8, 4) is 11.5 Å². The molecule has 0 bridgehead atoms. The summed E-state index contributed by atoms with van der Waals surface area (Å²) >= 11 is 0. The Kier molecular flexibility index (Phi) is 4.96. The molecule has 0 radical (unpaired) electrons. The third kappa shape index (κ3) is 3.74. The van der Waals surface area contributed by atoms with Gasteiger partial charge in [-0.1, -0.05) is 6.07 Å². The van der Waals surface area contributed by atoms with Crippen molar-refractivity contribution in [2.45, 2.75) is 45.8 Å². The van der Waals surface area contributed by atoms with Gasteiger partial charge < -0.3 is 24.8 Å². The van der Waals surface area contributed by atoms with Crippen LogP contribution in [0.1, 0.15) is 40.2 Å². The van der Waals surface area contributed by atoms with Crippen molar-refractivity contribution in [3.63, 3.8) is 0 Å². The van der Waals surface area contributed by atoms with Crippen LogP contribution in [0.15, 0.2) is 23.7 Å². The SMILES string of the molecule is CC(=O)NCC(=Cc1c(O)cccc1O)B1OC(C)(C)C(C)(C)O1. The minimum atomic E-state index is -0.694. The fourth-order valence-corrected chi connectivity index (χ4v) is 2.30. The molecule has 1 heterocycles. The highest BCUT2D eigenvalue weighted by Gasteiger charge is 2.52. The highest BCUT2D eigenvalue weighted by Crippen LogP contribution is 2.39. The molecule has 1 aromatic rings. The summed E-state index contributed by atoms with van der Waals surface area (Å²) in [5.41, 5.74) is -0.213. The zero-order valence-corrected chi connectivity index (χ0v) is 14.7. The van der Waals surface area contributed by atoms with Crippen LogP contribution in [0.2, 0.25) is 0 Å². The molecule has 1 aliphatic rings. The second-order valence-corrected chi connectivity index (χ2v) is 6.93. The molecule has 0 unspecified atom stereocenters. The Balaban J connectivity index is 2.39. The molecule has 1 aromatic carbocycles. The van der Waals surface area contributed by atoms with Crippen LogP contribution in [0.4, 0.5) is 0 Å². The van der Waals surface area contributed by atoms with Gasteiger partial charge in [-0.15, -0.1) is 0 Å². The fourth-order valence-electron chi connectivity index (χ4n) is 2.30. The van der Waals surface area contributed by atoms with Gasteiger partial charge in [-0.2, -0.15) is 0 Å². The Morgan fingerprint density at radius 2 is 1.67 bits per heavy atom. The van der Waals surface area contributed by atoms with Crippen LogP contribution in [0.3, 0.4) is 0 Å². The average molecular weight is 333 g/mol. The van der Waals surface area contributed by atoms with Crippen LogP contribution < -0.4 is 5.32 Å². The lowest BCUT2D eigenvalue weighted by Crippen LogP contribution is -2.41. The molecule has 0 spiro atoms. The third-order valence-electron chi connectivity index (χ3n) is 4.49. The number of hydrogen-bond donors (Lipinski definition) is 3. The second-order valence-electron chi connectivity index (χ2n) is 6.93. The predicted molar refractivity (Wildman–Crippen MR) is 92.5 cm³/mol. The van der Waals surface area contributed by atoms with Gasteiger partial charge in [0.25, 0.3) is 0 Å². The highest BCUT2D eigenvalue weighted by molar-refractivity contribution is 6.56. The molecule has 1 amide bonds.